The zero-order valence-corrected chi connectivity index (χ0v) is 24.4. The Balaban J connectivity index is 1.64. The molecule has 3 aromatic rings. The van der Waals surface area contributed by atoms with Gasteiger partial charge in [0.15, 0.2) is 0 Å². The second-order valence-electron chi connectivity index (χ2n) is 9.55. The van der Waals surface area contributed by atoms with Crippen LogP contribution >= 0.6 is 56.5 Å². The molecule has 1 aliphatic carbocycles. The highest BCUT2D eigenvalue weighted by Gasteiger charge is 2.32. The number of halogens is 3. The Kier molecular flexibility index (Phi) is 7.99. The lowest BCUT2D eigenvalue weighted by Crippen LogP contribution is -2.26. The number of nitrogens with zero attached hydrogens (tertiary/aromatic N) is 2. The van der Waals surface area contributed by atoms with Crippen molar-refractivity contribution >= 4 is 67.7 Å². The molecule has 7 heteroatoms. The van der Waals surface area contributed by atoms with E-state index in [1.54, 1.807) is 35.8 Å². The van der Waals surface area contributed by atoms with Crippen molar-refractivity contribution in [1.29, 1.82) is 5.26 Å². The molecule has 0 saturated carbocycles. The Bertz CT molecular complexity index is 1290. The van der Waals surface area contributed by atoms with Crippen LogP contribution in [0.3, 0.4) is 0 Å². The molecule has 0 bridgehead atoms. The third kappa shape index (κ3) is 5.65. The SMILES string of the molecule is CC(C)(C)[C@@H]1CCc2c(sc(N=Cc3cc(I)cc(I)c3OCc3ccccc3F)c2C#N)C1. The van der Waals surface area contributed by atoms with Gasteiger partial charge in [0.1, 0.15) is 29.2 Å². The maximum Gasteiger partial charge on any atom is 0.141 e. The van der Waals surface area contributed by atoms with Crippen molar-refractivity contribution in [3.8, 4) is 11.8 Å². The van der Waals surface area contributed by atoms with Gasteiger partial charge < -0.3 is 4.74 Å². The highest BCUT2D eigenvalue weighted by atomic mass is 127. The highest BCUT2D eigenvalue weighted by molar-refractivity contribution is 14.1. The van der Waals surface area contributed by atoms with Crippen LogP contribution in [0.25, 0.3) is 0 Å². The zero-order valence-electron chi connectivity index (χ0n) is 19.3. The summed E-state index contributed by atoms with van der Waals surface area (Å²) in [6.07, 6.45) is 4.82. The summed E-state index contributed by atoms with van der Waals surface area (Å²) in [6, 6.07) is 13.1. The topological polar surface area (TPSA) is 45.4 Å². The van der Waals surface area contributed by atoms with Crippen molar-refractivity contribution in [2.75, 3.05) is 0 Å². The number of hydrogen-bond acceptors (Lipinski definition) is 4. The van der Waals surface area contributed by atoms with Crippen LogP contribution in [0.1, 0.15) is 54.3 Å². The predicted octanol–water partition coefficient (Wildman–Crippen LogP) is 8.45. The van der Waals surface area contributed by atoms with E-state index >= 15 is 0 Å². The van der Waals surface area contributed by atoms with E-state index in [0.29, 0.717) is 22.8 Å². The van der Waals surface area contributed by atoms with E-state index in [9.17, 15) is 9.65 Å². The Hall–Kier alpha value is -1.51. The van der Waals surface area contributed by atoms with Crippen LogP contribution in [0.5, 0.6) is 5.75 Å². The maximum absolute atomic E-state index is 14.1. The molecule has 3 nitrogen and oxygen atoms in total. The largest absolute Gasteiger partial charge is 0.487 e. The molecule has 0 N–H and O–H groups in total. The molecule has 1 aliphatic rings. The normalized spacial score (nSPS) is 15.9. The number of thiophene rings is 1. The van der Waals surface area contributed by atoms with E-state index in [0.717, 1.165) is 37.0 Å². The van der Waals surface area contributed by atoms with Gasteiger partial charge in [0, 0.05) is 25.8 Å². The number of rotatable bonds is 5. The maximum atomic E-state index is 14.1. The number of hydrogen-bond donors (Lipinski definition) is 0. The summed E-state index contributed by atoms with van der Waals surface area (Å²) in [5, 5.41) is 10.6. The minimum Gasteiger partial charge on any atom is -0.487 e. The Morgan fingerprint density at radius 1 is 1.26 bits per heavy atom. The van der Waals surface area contributed by atoms with Crippen LogP contribution in [0, 0.1) is 35.6 Å². The minimum atomic E-state index is -0.283. The summed E-state index contributed by atoms with van der Waals surface area (Å²) in [6.45, 7) is 7.01. The number of aliphatic imine (C=N–C) groups is 1. The molecule has 176 valence electrons. The molecule has 0 spiro atoms. The molecule has 4 rings (SSSR count). The summed E-state index contributed by atoms with van der Waals surface area (Å²) < 4.78 is 22.1. The summed E-state index contributed by atoms with van der Waals surface area (Å²) >= 11 is 6.14. The molecule has 0 unspecified atom stereocenters. The number of nitriles is 1. The van der Waals surface area contributed by atoms with Crippen LogP contribution in [-0.2, 0) is 19.4 Å². The fraction of sp³-hybridized carbons (Fsp3) is 0.333. The fourth-order valence-corrected chi connectivity index (χ4v) is 7.51. The van der Waals surface area contributed by atoms with E-state index < -0.39 is 0 Å². The van der Waals surface area contributed by atoms with E-state index in [1.165, 1.54) is 16.5 Å². The smallest absolute Gasteiger partial charge is 0.141 e. The number of ether oxygens (including phenoxy) is 1. The first-order chi connectivity index (χ1) is 16.2. The first-order valence-electron chi connectivity index (χ1n) is 11.1. The average Bonchev–Trinajstić information content (AvgIpc) is 3.14. The lowest BCUT2D eigenvalue weighted by Gasteiger charge is -2.33. The van der Waals surface area contributed by atoms with Gasteiger partial charge in [-0.05, 0) is 99.5 Å². The van der Waals surface area contributed by atoms with Crippen molar-refractivity contribution in [1.82, 2.24) is 0 Å². The second kappa shape index (κ2) is 10.6. The Morgan fingerprint density at radius 3 is 2.74 bits per heavy atom. The van der Waals surface area contributed by atoms with Crippen LogP contribution in [0.2, 0.25) is 0 Å². The standard InChI is InChI=1S/C27H25FI2N2OS/c1-27(2,3)18-8-9-20-21(13-31)26(34-24(20)11-18)32-14-17-10-19(29)12-23(30)25(17)33-15-16-6-4-5-7-22(16)28/h4-7,10,12,14,18H,8-9,11,15H2,1-3H3/t18-/m1/s1. The van der Waals surface area contributed by atoms with Gasteiger partial charge in [0.05, 0.1) is 9.13 Å². The van der Waals surface area contributed by atoms with Gasteiger partial charge in [-0.1, -0.05) is 39.0 Å². The molecular formula is C27H25FI2N2OS. The molecule has 0 aliphatic heterocycles. The Labute approximate surface area is 231 Å². The number of benzene rings is 2. The zero-order chi connectivity index (χ0) is 24.5. The summed E-state index contributed by atoms with van der Waals surface area (Å²) in [5.74, 6) is 0.993. The summed E-state index contributed by atoms with van der Waals surface area (Å²) in [4.78, 5) is 6.06. The molecule has 2 aromatic carbocycles. The van der Waals surface area contributed by atoms with Crippen molar-refractivity contribution < 1.29 is 9.13 Å². The van der Waals surface area contributed by atoms with Gasteiger partial charge >= 0.3 is 0 Å². The summed E-state index contributed by atoms with van der Waals surface area (Å²) in [7, 11) is 0. The van der Waals surface area contributed by atoms with E-state index in [2.05, 4.69) is 72.0 Å². The minimum absolute atomic E-state index is 0.134. The molecule has 0 radical (unpaired) electrons. The van der Waals surface area contributed by atoms with Gasteiger partial charge in [-0.15, -0.1) is 11.3 Å². The molecule has 1 heterocycles. The molecule has 0 amide bonds. The van der Waals surface area contributed by atoms with Crippen molar-refractivity contribution in [2.24, 2.45) is 16.3 Å². The lowest BCUT2D eigenvalue weighted by molar-refractivity contribution is 0.218. The molecular weight excluding hydrogens is 673 g/mol. The Morgan fingerprint density at radius 2 is 2.03 bits per heavy atom. The predicted molar refractivity (Wildman–Crippen MR) is 154 cm³/mol. The van der Waals surface area contributed by atoms with Crippen molar-refractivity contribution in [3.05, 3.63) is 76.5 Å². The van der Waals surface area contributed by atoms with Gasteiger partial charge in [0.25, 0.3) is 0 Å². The van der Waals surface area contributed by atoms with Gasteiger partial charge in [0.2, 0.25) is 0 Å². The van der Waals surface area contributed by atoms with Crippen LogP contribution < -0.4 is 4.74 Å². The quantitative estimate of drug-likeness (QED) is 0.199. The average molecular weight is 698 g/mol. The molecule has 1 atom stereocenters. The summed E-state index contributed by atoms with van der Waals surface area (Å²) in [5.41, 5.74) is 3.45. The van der Waals surface area contributed by atoms with Crippen molar-refractivity contribution in [3.63, 3.8) is 0 Å². The molecule has 0 saturated heterocycles. The molecule has 34 heavy (non-hydrogen) atoms. The fourth-order valence-electron chi connectivity index (χ4n) is 4.24. The van der Waals surface area contributed by atoms with Gasteiger partial charge in [-0.2, -0.15) is 5.26 Å². The monoisotopic (exact) mass is 698 g/mol. The first kappa shape index (κ1) is 25.6. The van der Waals surface area contributed by atoms with Crippen LogP contribution in [0.15, 0.2) is 41.4 Å². The third-order valence-corrected chi connectivity index (χ3v) is 8.86. The van der Waals surface area contributed by atoms with E-state index in [1.807, 2.05) is 12.1 Å². The van der Waals surface area contributed by atoms with Crippen molar-refractivity contribution in [2.45, 2.75) is 46.6 Å². The lowest BCUT2D eigenvalue weighted by atomic mass is 9.72. The van der Waals surface area contributed by atoms with Crippen LogP contribution in [-0.4, -0.2) is 6.21 Å². The van der Waals surface area contributed by atoms with Gasteiger partial charge in [-0.25, -0.2) is 9.38 Å². The molecule has 0 fully saturated rings. The third-order valence-electron chi connectivity index (χ3n) is 6.27. The van der Waals surface area contributed by atoms with E-state index in [4.69, 9.17) is 9.73 Å². The van der Waals surface area contributed by atoms with E-state index in [-0.39, 0.29) is 17.8 Å². The van der Waals surface area contributed by atoms with Crippen LogP contribution in [0.4, 0.5) is 9.39 Å². The second-order valence-corrected chi connectivity index (χ2v) is 13.0. The highest BCUT2D eigenvalue weighted by Crippen LogP contribution is 2.45. The first-order valence-corrected chi connectivity index (χ1v) is 14.1. The number of fused-ring (bicyclic) bond motifs is 1. The molecule has 1 aromatic heterocycles. The van der Waals surface area contributed by atoms with Gasteiger partial charge in [-0.3, -0.25) is 0 Å².